The van der Waals surface area contributed by atoms with E-state index in [1.807, 2.05) is 0 Å². The maximum Gasteiger partial charge on any atom is 0.153 e. The normalized spacial score (nSPS) is 10.1. The van der Waals surface area contributed by atoms with Gasteiger partial charge in [0.15, 0.2) is 6.29 Å². The van der Waals surface area contributed by atoms with Crippen molar-refractivity contribution in [1.29, 1.82) is 0 Å². The molecule has 70 valence electrons. The van der Waals surface area contributed by atoms with Gasteiger partial charge in [-0.25, -0.2) is 4.39 Å². The molecule has 0 aliphatic rings. The summed E-state index contributed by atoms with van der Waals surface area (Å²) in [5.41, 5.74) is 1.37. The predicted molar refractivity (Wildman–Crippen MR) is 47.2 cm³/mol. The van der Waals surface area contributed by atoms with Crippen LogP contribution >= 0.6 is 0 Å². The molecular weight excluding hydrogens is 185 g/mol. The molecule has 2 aromatic heterocycles. The summed E-state index contributed by atoms with van der Waals surface area (Å²) in [6.07, 6.45) is 4.60. The van der Waals surface area contributed by atoms with Gasteiger partial charge in [0.1, 0.15) is 5.82 Å². The first-order valence-electron chi connectivity index (χ1n) is 3.90. The molecule has 2 aromatic rings. The van der Waals surface area contributed by atoms with Gasteiger partial charge in [0.25, 0.3) is 0 Å². The number of halogens is 1. The summed E-state index contributed by atoms with van der Waals surface area (Å²) in [5.74, 6) is -0.450. The summed E-state index contributed by atoms with van der Waals surface area (Å²) in [6.45, 7) is 0. The van der Waals surface area contributed by atoms with E-state index in [9.17, 15) is 9.18 Å². The van der Waals surface area contributed by atoms with E-state index in [0.717, 1.165) is 6.20 Å². The number of nitrogens with zero attached hydrogens (tertiary/aromatic N) is 2. The molecule has 0 saturated carbocycles. The highest BCUT2D eigenvalue weighted by molar-refractivity contribution is 5.84. The second-order valence-electron chi connectivity index (χ2n) is 2.71. The number of rotatable bonds is 2. The third kappa shape index (κ3) is 1.39. The van der Waals surface area contributed by atoms with Gasteiger partial charge in [0, 0.05) is 11.8 Å². The Bertz CT molecular complexity index is 467. The number of pyridine rings is 1. The second-order valence-corrected chi connectivity index (χ2v) is 2.71. The van der Waals surface area contributed by atoms with Crippen LogP contribution in [0.2, 0.25) is 0 Å². The van der Waals surface area contributed by atoms with Crippen LogP contribution in [0, 0.1) is 5.82 Å². The molecule has 0 bridgehead atoms. The molecule has 0 amide bonds. The quantitative estimate of drug-likeness (QED) is 0.730. The maximum absolute atomic E-state index is 12.8. The molecule has 0 aliphatic heterocycles. The molecule has 0 aliphatic carbocycles. The monoisotopic (exact) mass is 191 g/mol. The minimum Gasteiger partial charge on any atom is -0.298 e. The Hall–Kier alpha value is -2.04. The van der Waals surface area contributed by atoms with Crippen molar-refractivity contribution in [3.8, 4) is 11.3 Å². The molecular formula is C9H6FN3O. The fraction of sp³-hybridized carbons (Fsp3) is 0. The van der Waals surface area contributed by atoms with Crippen LogP contribution in [0.3, 0.4) is 0 Å². The van der Waals surface area contributed by atoms with Gasteiger partial charge in [0.2, 0.25) is 0 Å². The number of aromatic amines is 1. The molecule has 14 heavy (non-hydrogen) atoms. The number of H-pyrrole nitrogens is 1. The van der Waals surface area contributed by atoms with Gasteiger partial charge in [-0.15, -0.1) is 0 Å². The lowest BCUT2D eigenvalue weighted by atomic mass is 10.1. The number of aromatic nitrogens is 3. The average molecular weight is 191 g/mol. The molecule has 0 atom stereocenters. The lowest BCUT2D eigenvalue weighted by Gasteiger charge is -1.97. The summed E-state index contributed by atoms with van der Waals surface area (Å²) in [4.78, 5) is 14.2. The number of hydrogen-bond acceptors (Lipinski definition) is 3. The molecule has 1 N–H and O–H groups in total. The van der Waals surface area contributed by atoms with Crippen LogP contribution in [0.15, 0.2) is 24.7 Å². The largest absolute Gasteiger partial charge is 0.298 e. The Morgan fingerprint density at radius 2 is 2.21 bits per heavy atom. The minimum absolute atomic E-state index is 0.386. The van der Waals surface area contributed by atoms with E-state index in [1.54, 1.807) is 0 Å². The molecule has 4 nitrogen and oxygen atoms in total. The molecule has 0 radical (unpaired) electrons. The smallest absolute Gasteiger partial charge is 0.153 e. The molecule has 0 spiro atoms. The highest BCUT2D eigenvalue weighted by atomic mass is 19.1. The van der Waals surface area contributed by atoms with Gasteiger partial charge in [-0.2, -0.15) is 5.10 Å². The molecule has 0 saturated heterocycles. The zero-order valence-corrected chi connectivity index (χ0v) is 7.07. The molecule has 0 aromatic carbocycles. The first kappa shape index (κ1) is 8.55. The van der Waals surface area contributed by atoms with Crippen LogP contribution in [0.4, 0.5) is 4.39 Å². The lowest BCUT2D eigenvalue weighted by Crippen LogP contribution is -1.87. The third-order valence-electron chi connectivity index (χ3n) is 1.79. The number of aldehydes is 1. The van der Waals surface area contributed by atoms with Gasteiger partial charge >= 0.3 is 0 Å². The second kappa shape index (κ2) is 3.37. The minimum atomic E-state index is -0.450. The molecule has 0 unspecified atom stereocenters. The van der Waals surface area contributed by atoms with Crippen molar-refractivity contribution in [1.82, 2.24) is 15.2 Å². The Labute approximate surface area is 78.8 Å². The molecule has 2 rings (SSSR count). The Morgan fingerprint density at radius 1 is 1.36 bits per heavy atom. The van der Waals surface area contributed by atoms with Crippen LogP contribution < -0.4 is 0 Å². The highest BCUT2D eigenvalue weighted by Crippen LogP contribution is 2.18. The highest BCUT2D eigenvalue weighted by Gasteiger charge is 2.07. The van der Waals surface area contributed by atoms with Gasteiger partial charge in [0.05, 0.1) is 23.7 Å². The average Bonchev–Trinajstić information content (AvgIpc) is 2.65. The van der Waals surface area contributed by atoms with E-state index in [-0.39, 0.29) is 0 Å². The van der Waals surface area contributed by atoms with Crippen LogP contribution in [-0.4, -0.2) is 21.5 Å². The van der Waals surface area contributed by atoms with Gasteiger partial charge in [-0.1, -0.05) is 0 Å². The van der Waals surface area contributed by atoms with Crippen molar-refractivity contribution in [2.24, 2.45) is 0 Å². The Morgan fingerprint density at radius 3 is 2.93 bits per heavy atom. The van der Waals surface area contributed by atoms with Crippen molar-refractivity contribution in [3.63, 3.8) is 0 Å². The summed E-state index contributed by atoms with van der Waals surface area (Å²) < 4.78 is 12.8. The fourth-order valence-corrected chi connectivity index (χ4v) is 1.16. The fourth-order valence-electron chi connectivity index (χ4n) is 1.16. The van der Waals surface area contributed by atoms with Crippen LogP contribution in [0.25, 0.3) is 11.3 Å². The van der Waals surface area contributed by atoms with Crippen molar-refractivity contribution in [3.05, 3.63) is 36.0 Å². The number of nitrogens with one attached hydrogen (secondary N) is 1. The standard InChI is InChI=1S/C9H6FN3O/c10-8-1-6(2-11-4-8)9-7(5-14)3-12-13-9/h1-5H,(H,12,13). The first-order valence-corrected chi connectivity index (χ1v) is 3.90. The summed E-state index contributed by atoms with van der Waals surface area (Å²) in [5, 5.41) is 6.30. The van der Waals surface area contributed by atoms with Crippen molar-refractivity contribution >= 4 is 6.29 Å². The first-order chi connectivity index (χ1) is 6.81. The Balaban J connectivity index is 2.54. The molecule has 0 fully saturated rings. The SMILES string of the molecule is O=Cc1cn[nH]c1-c1cncc(F)c1. The lowest BCUT2D eigenvalue weighted by molar-refractivity contribution is 0.112. The van der Waals surface area contributed by atoms with Crippen LogP contribution in [0.5, 0.6) is 0 Å². The molecule has 2 heterocycles. The van der Waals surface area contributed by atoms with E-state index >= 15 is 0 Å². The van der Waals surface area contributed by atoms with Crippen LogP contribution in [0.1, 0.15) is 10.4 Å². The predicted octanol–water partition coefficient (Wildman–Crippen LogP) is 1.42. The molecule has 5 heteroatoms. The number of carbonyl (C=O) groups is 1. The Kier molecular flexibility index (Phi) is 2.06. The maximum atomic E-state index is 12.8. The number of carbonyl (C=O) groups excluding carboxylic acids is 1. The van der Waals surface area contributed by atoms with Gasteiger partial charge in [-0.3, -0.25) is 14.9 Å². The van der Waals surface area contributed by atoms with Gasteiger partial charge < -0.3 is 0 Å². The van der Waals surface area contributed by atoms with E-state index < -0.39 is 5.82 Å². The van der Waals surface area contributed by atoms with Crippen molar-refractivity contribution < 1.29 is 9.18 Å². The summed E-state index contributed by atoms with van der Waals surface area (Å²) in [6, 6.07) is 1.29. The number of hydrogen-bond donors (Lipinski definition) is 1. The summed E-state index contributed by atoms with van der Waals surface area (Å²) >= 11 is 0. The van der Waals surface area contributed by atoms with E-state index in [2.05, 4.69) is 15.2 Å². The van der Waals surface area contributed by atoms with E-state index in [0.29, 0.717) is 23.1 Å². The van der Waals surface area contributed by atoms with Crippen molar-refractivity contribution in [2.75, 3.05) is 0 Å². The van der Waals surface area contributed by atoms with Gasteiger partial charge in [-0.05, 0) is 6.07 Å². The third-order valence-corrected chi connectivity index (χ3v) is 1.79. The zero-order valence-electron chi connectivity index (χ0n) is 7.07. The van der Waals surface area contributed by atoms with E-state index in [1.165, 1.54) is 18.5 Å². The zero-order chi connectivity index (χ0) is 9.97. The van der Waals surface area contributed by atoms with E-state index in [4.69, 9.17) is 0 Å². The van der Waals surface area contributed by atoms with Crippen molar-refractivity contribution in [2.45, 2.75) is 0 Å². The topological polar surface area (TPSA) is 58.6 Å². The summed E-state index contributed by atoms with van der Waals surface area (Å²) in [7, 11) is 0. The van der Waals surface area contributed by atoms with Crippen LogP contribution in [-0.2, 0) is 0 Å².